The molecule has 0 amide bonds. The lowest BCUT2D eigenvalue weighted by molar-refractivity contribution is 0.0241. The van der Waals surface area contributed by atoms with E-state index in [0.717, 1.165) is 25.7 Å². The molecular formula is C14H15N5O. The number of fused-ring (bicyclic) bond motifs is 3. The maximum Gasteiger partial charge on any atom is 0.208 e. The molecule has 2 saturated carbocycles. The topological polar surface area (TPSA) is 101 Å². The molecule has 4 N–H and O–H groups in total. The molecule has 0 aromatic carbocycles. The van der Waals surface area contributed by atoms with Gasteiger partial charge in [-0.3, -0.25) is 0 Å². The highest BCUT2D eigenvalue weighted by atomic mass is 16.3. The summed E-state index contributed by atoms with van der Waals surface area (Å²) in [5, 5.41) is 10.5. The van der Waals surface area contributed by atoms with E-state index in [9.17, 15) is 5.11 Å². The molecule has 0 saturated heterocycles. The largest absolute Gasteiger partial charge is 0.389 e. The van der Waals surface area contributed by atoms with Crippen molar-refractivity contribution in [3.8, 4) is 11.8 Å². The second-order valence-electron chi connectivity index (χ2n) is 5.80. The molecule has 2 fully saturated rings. The number of nitrogens with two attached hydrogens (primary N) is 1. The van der Waals surface area contributed by atoms with Crippen LogP contribution in [0.25, 0.3) is 11.2 Å². The zero-order valence-corrected chi connectivity index (χ0v) is 10.9. The van der Waals surface area contributed by atoms with Gasteiger partial charge in [0, 0.05) is 5.92 Å². The smallest absolute Gasteiger partial charge is 0.208 e. The Balaban J connectivity index is 1.67. The van der Waals surface area contributed by atoms with Gasteiger partial charge in [-0.05, 0) is 37.5 Å². The molecule has 6 nitrogen and oxygen atoms in total. The Morgan fingerprint density at radius 3 is 3.10 bits per heavy atom. The number of aromatic nitrogens is 4. The summed E-state index contributed by atoms with van der Waals surface area (Å²) in [6.07, 6.45) is 5.38. The van der Waals surface area contributed by atoms with E-state index in [1.165, 1.54) is 6.33 Å². The fourth-order valence-corrected chi connectivity index (χ4v) is 3.49. The van der Waals surface area contributed by atoms with Crippen molar-refractivity contribution in [2.75, 3.05) is 5.73 Å². The summed E-state index contributed by atoms with van der Waals surface area (Å²) in [5.74, 6) is 7.46. The summed E-state index contributed by atoms with van der Waals surface area (Å²) in [5.41, 5.74) is 6.38. The number of hydrogen-bond donors (Lipinski definition) is 3. The van der Waals surface area contributed by atoms with Gasteiger partial charge in [0.25, 0.3) is 0 Å². The number of nitrogen functional groups attached to an aromatic ring is 1. The van der Waals surface area contributed by atoms with E-state index in [-0.39, 0.29) is 5.92 Å². The summed E-state index contributed by atoms with van der Waals surface area (Å²) in [4.78, 5) is 15.4. The molecule has 0 aliphatic heterocycles. The number of anilines is 1. The van der Waals surface area contributed by atoms with Gasteiger partial charge in [-0.2, -0.15) is 0 Å². The quantitative estimate of drug-likeness (QED) is 0.615. The summed E-state index contributed by atoms with van der Waals surface area (Å²) < 4.78 is 0. The Morgan fingerprint density at radius 1 is 1.45 bits per heavy atom. The number of rotatable bonds is 0. The van der Waals surface area contributed by atoms with Crippen LogP contribution in [0.1, 0.15) is 31.5 Å². The molecule has 2 aliphatic carbocycles. The van der Waals surface area contributed by atoms with E-state index in [1.54, 1.807) is 0 Å². The first kappa shape index (κ1) is 11.7. The Kier molecular flexibility index (Phi) is 2.30. The predicted molar refractivity (Wildman–Crippen MR) is 73.4 cm³/mol. The highest BCUT2D eigenvalue weighted by Gasteiger charge is 2.50. The van der Waals surface area contributed by atoms with Gasteiger partial charge in [-0.15, -0.1) is 0 Å². The third kappa shape index (κ3) is 1.67. The number of imidazole rings is 1. The molecule has 3 atom stereocenters. The van der Waals surface area contributed by atoms with Crippen molar-refractivity contribution >= 4 is 17.0 Å². The molecule has 102 valence electrons. The summed E-state index contributed by atoms with van der Waals surface area (Å²) in [6.45, 7) is 0. The first-order valence-electron chi connectivity index (χ1n) is 6.84. The third-order valence-corrected chi connectivity index (χ3v) is 4.51. The first-order valence-corrected chi connectivity index (χ1v) is 6.84. The van der Waals surface area contributed by atoms with E-state index < -0.39 is 5.60 Å². The zero-order chi connectivity index (χ0) is 13.7. The highest BCUT2D eigenvalue weighted by molar-refractivity contribution is 5.81. The molecule has 0 radical (unpaired) electrons. The fourth-order valence-electron chi connectivity index (χ4n) is 3.49. The maximum atomic E-state index is 10.5. The van der Waals surface area contributed by atoms with Gasteiger partial charge in [0.1, 0.15) is 5.52 Å². The van der Waals surface area contributed by atoms with Crippen molar-refractivity contribution in [2.45, 2.75) is 31.3 Å². The Bertz CT molecular complexity index is 743. The lowest BCUT2D eigenvalue weighted by atomic mass is 9.86. The number of aliphatic hydroxyl groups is 1. The van der Waals surface area contributed by atoms with E-state index >= 15 is 0 Å². The molecule has 2 aliphatic rings. The van der Waals surface area contributed by atoms with Crippen LogP contribution in [0.4, 0.5) is 5.82 Å². The highest BCUT2D eigenvalue weighted by Crippen LogP contribution is 2.51. The van der Waals surface area contributed by atoms with Crippen molar-refractivity contribution in [1.29, 1.82) is 0 Å². The Labute approximate surface area is 115 Å². The summed E-state index contributed by atoms with van der Waals surface area (Å²) in [7, 11) is 0. The first-order chi connectivity index (χ1) is 9.64. The molecule has 20 heavy (non-hydrogen) atoms. The molecule has 3 unspecified atom stereocenters. The van der Waals surface area contributed by atoms with Crippen molar-refractivity contribution in [3.05, 3.63) is 12.2 Å². The van der Waals surface area contributed by atoms with Crippen molar-refractivity contribution in [3.63, 3.8) is 0 Å². The number of H-pyrrole nitrogens is 1. The SMILES string of the molecule is Nc1nc(C#CC2CC3CCC2(O)C3)nc2[nH]cnc12. The molecule has 6 heteroatoms. The maximum absolute atomic E-state index is 10.5. The van der Waals surface area contributed by atoms with Crippen LogP contribution in [0.5, 0.6) is 0 Å². The van der Waals surface area contributed by atoms with E-state index in [1.807, 2.05) is 0 Å². The second-order valence-corrected chi connectivity index (χ2v) is 5.80. The van der Waals surface area contributed by atoms with Crippen LogP contribution in [0.2, 0.25) is 0 Å². The lowest BCUT2D eigenvalue weighted by Gasteiger charge is -2.25. The van der Waals surface area contributed by atoms with Gasteiger partial charge in [0.15, 0.2) is 11.5 Å². The summed E-state index contributed by atoms with van der Waals surface area (Å²) >= 11 is 0. The van der Waals surface area contributed by atoms with Gasteiger partial charge in [0.2, 0.25) is 5.82 Å². The van der Waals surface area contributed by atoms with E-state index in [4.69, 9.17) is 5.73 Å². The van der Waals surface area contributed by atoms with Crippen LogP contribution in [-0.2, 0) is 0 Å². The summed E-state index contributed by atoms with van der Waals surface area (Å²) in [6, 6.07) is 0. The number of aromatic amines is 1. The third-order valence-electron chi connectivity index (χ3n) is 4.51. The van der Waals surface area contributed by atoms with Gasteiger partial charge < -0.3 is 15.8 Å². The van der Waals surface area contributed by atoms with E-state index in [2.05, 4.69) is 31.8 Å². The van der Waals surface area contributed by atoms with Crippen LogP contribution in [-0.4, -0.2) is 30.6 Å². The van der Waals surface area contributed by atoms with Gasteiger partial charge >= 0.3 is 0 Å². The molecule has 4 rings (SSSR count). The van der Waals surface area contributed by atoms with Crippen LogP contribution in [0.3, 0.4) is 0 Å². The van der Waals surface area contributed by atoms with Crippen LogP contribution >= 0.6 is 0 Å². The minimum absolute atomic E-state index is 0.0311. The van der Waals surface area contributed by atoms with Crippen LogP contribution in [0, 0.1) is 23.7 Å². The Morgan fingerprint density at radius 2 is 2.35 bits per heavy atom. The second kappa shape index (κ2) is 3.93. The van der Waals surface area contributed by atoms with E-state index in [0.29, 0.717) is 28.7 Å². The normalized spacial score (nSPS) is 31.4. The molecule has 2 aromatic rings. The standard InChI is InChI=1S/C14H15N5O/c15-12-11-13(17-7-16-11)19-10(18-12)2-1-9-5-8-3-4-14(9,20)6-8/h7-9,20H,3-6H2,(H3,15,16,17,18,19). The minimum Gasteiger partial charge on any atom is -0.389 e. The van der Waals surface area contributed by atoms with Gasteiger partial charge in [-0.1, -0.05) is 5.92 Å². The average molecular weight is 269 g/mol. The zero-order valence-electron chi connectivity index (χ0n) is 10.9. The molecule has 2 heterocycles. The predicted octanol–water partition coefficient (Wildman–Crippen LogP) is 0.838. The molecule has 2 bridgehead atoms. The number of hydrogen-bond acceptors (Lipinski definition) is 5. The number of nitrogens with zero attached hydrogens (tertiary/aromatic N) is 3. The van der Waals surface area contributed by atoms with Crippen molar-refractivity contribution in [1.82, 2.24) is 19.9 Å². The average Bonchev–Trinajstić information content (AvgIpc) is 3.08. The fraction of sp³-hybridized carbons (Fsp3) is 0.500. The van der Waals surface area contributed by atoms with Crippen molar-refractivity contribution < 1.29 is 5.11 Å². The van der Waals surface area contributed by atoms with Gasteiger partial charge in [-0.25, -0.2) is 15.0 Å². The van der Waals surface area contributed by atoms with Gasteiger partial charge in [0.05, 0.1) is 11.9 Å². The van der Waals surface area contributed by atoms with Crippen LogP contribution in [0.15, 0.2) is 6.33 Å². The number of nitrogens with one attached hydrogen (secondary N) is 1. The van der Waals surface area contributed by atoms with Crippen LogP contribution < -0.4 is 5.73 Å². The lowest BCUT2D eigenvalue weighted by Crippen LogP contribution is -2.31. The molecule has 0 spiro atoms. The minimum atomic E-state index is -0.596. The van der Waals surface area contributed by atoms with Crippen molar-refractivity contribution in [2.24, 2.45) is 11.8 Å². The molecule has 2 aromatic heterocycles. The molecular weight excluding hydrogens is 254 g/mol. The Hall–Kier alpha value is -2.13. The monoisotopic (exact) mass is 269 g/mol.